The van der Waals surface area contributed by atoms with Crippen LogP contribution in [0, 0.1) is 6.92 Å². The largest absolute Gasteiger partial charge is 0.416 e. The second-order valence-corrected chi connectivity index (χ2v) is 3.16. The Balaban J connectivity index is 3.23. The van der Waals surface area contributed by atoms with Crippen LogP contribution in [-0.2, 0) is 6.18 Å². The van der Waals surface area contributed by atoms with Gasteiger partial charge in [-0.25, -0.2) is 0 Å². The zero-order chi connectivity index (χ0) is 11.6. The fourth-order valence-corrected chi connectivity index (χ4v) is 1.22. The van der Waals surface area contributed by atoms with E-state index in [-0.39, 0.29) is 5.56 Å². The number of aryl methyl sites for hydroxylation is 1. The van der Waals surface area contributed by atoms with Gasteiger partial charge in [0.25, 0.3) is 5.91 Å². The van der Waals surface area contributed by atoms with Crippen molar-refractivity contribution in [2.24, 2.45) is 0 Å². The number of rotatable bonds is 1. The van der Waals surface area contributed by atoms with Crippen LogP contribution in [0.3, 0.4) is 0 Å². The van der Waals surface area contributed by atoms with Crippen molar-refractivity contribution in [3.05, 3.63) is 34.9 Å². The summed E-state index contributed by atoms with van der Waals surface area (Å²) in [5.41, 5.74) is -0.380. The van der Waals surface area contributed by atoms with E-state index in [1.54, 1.807) is 0 Å². The van der Waals surface area contributed by atoms with Crippen LogP contribution in [-0.4, -0.2) is 13.0 Å². The highest BCUT2D eigenvalue weighted by Crippen LogP contribution is 2.30. The molecule has 0 unspecified atom stereocenters. The molecule has 0 radical (unpaired) electrons. The van der Waals surface area contributed by atoms with E-state index >= 15 is 0 Å². The van der Waals surface area contributed by atoms with Crippen LogP contribution in [0.5, 0.6) is 0 Å². The van der Waals surface area contributed by atoms with Gasteiger partial charge in [-0.15, -0.1) is 0 Å². The van der Waals surface area contributed by atoms with E-state index in [2.05, 4.69) is 5.32 Å². The van der Waals surface area contributed by atoms with Gasteiger partial charge >= 0.3 is 6.18 Å². The summed E-state index contributed by atoms with van der Waals surface area (Å²) in [5, 5.41) is 2.28. The molecule has 1 amide bonds. The molecule has 0 fully saturated rings. The summed E-state index contributed by atoms with van der Waals surface area (Å²) in [4.78, 5) is 11.2. The molecule has 0 aliphatic rings. The van der Waals surface area contributed by atoms with E-state index in [0.717, 1.165) is 12.1 Å². The molecule has 1 N–H and O–H groups in total. The molecule has 0 spiro atoms. The molecule has 0 heterocycles. The Morgan fingerprint density at radius 1 is 1.27 bits per heavy atom. The van der Waals surface area contributed by atoms with E-state index in [0.29, 0.717) is 5.56 Å². The van der Waals surface area contributed by atoms with Crippen molar-refractivity contribution in [1.29, 1.82) is 0 Å². The molecule has 0 aliphatic carbocycles. The number of carbonyl (C=O) groups excluding carboxylic acids is 1. The Morgan fingerprint density at radius 2 is 1.87 bits per heavy atom. The van der Waals surface area contributed by atoms with Crippen LogP contribution in [0.1, 0.15) is 21.5 Å². The molecule has 1 aromatic rings. The number of alkyl halides is 3. The van der Waals surface area contributed by atoms with Crippen molar-refractivity contribution in [2.45, 2.75) is 13.1 Å². The molecule has 0 aliphatic heterocycles. The fourth-order valence-electron chi connectivity index (χ4n) is 1.22. The van der Waals surface area contributed by atoms with E-state index in [4.69, 9.17) is 0 Å². The van der Waals surface area contributed by atoms with Gasteiger partial charge in [-0.1, -0.05) is 0 Å². The molecule has 2 nitrogen and oxygen atoms in total. The van der Waals surface area contributed by atoms with Gasteiger partial charge in [0.05, 0.1) is 5.56 Å². The maximum absolute atomic E-state index is 12.4. The number of carbonyl (C=O) groups is 1. The van der Waals surface area contributed by atoms with E-state index in [1.807, 2.05) is 0 Å². The quantitative estimate of drug-likeness (QED) is 0.768. The summed E-state index contributed by atoms with van der Waals surface area (Å²) in [5.74, 6) is -0.524. The first kappa shape index (κ1) is 11.6. The van der Waals surface area contributed by atoms with Crippen LogP contribution in [0.2, 0.25) is 0 Å². The molecule has 1 aromatic carbocycles. The van der Waals surface area contributed by atoms with Gasteiger partial charge in [0, 0.05) is 12.6 Å². The average molecular weight is 217 g/mol. The third kappa shape index (κ3) is 2.71. The van der Waals surface area contributed by atoms with Crippen molar-refractivity contribution < 1.29 is 18.0 Å². The van der Waals surface area contributed by atoms with Crippen LogP contribution < -0.4 is 5.32 Å². The third-order valence-electron chi connectivity index (χ3n) is 1.89. The normalized spacial score (nSPS) is 11.3. The van der Waals surface area contributed by atoms with Gasteiger partial charge in [0.1, 0.15) is 0 Å². The predicted octanol–water partition coefficient (Wildman–Crippen LogP) is 2.37. The van der Waals surface area contributed by atoms with Crippen LogP contribution >= 0.6 is 0 Å². The second-order valence-electron chi connectivity index (χ2n) is 3.16. The lowest BCUT2D eigenvalue weighted by Gasteiger charge is -2.09. The monoisotopic (exact) mass is 217 g/mol. The Kier molecular flexibility index (Phi) is 3.02. The van der Waals surface area contributed by atoms with Crippen molar-refractivity contribution in [1.82, 2.24) is 5.32 Å². The van der Waals surface area contributed by atoms with Gasteiger partial charge in [-0.3, -0.25) is 4.79 Å². The molecule has 0 aromatic heterocycles. The Morgan fingerprint density at radius 3 is 2.33 bits per heavy atom. The minimum Gasteiger partial charge on any atom is -0.355 e. The number of halogens is 3. The Bertz CT molecular complexity index is 385. The summed E-state index contributed by atoms with van der Waals surface area (Å²) < 4.78 is 37.2. The topological polar surface area (TPSA) is 29.1 Å². The molecule has 1 rings (SSSR count). The molecule has 0 saturated heterocycles. The van der Waals surface area contributed by atoms with Crippen LogP contribution in [0.25, 0.3) is 0 Å². The Hall–Kier alpha value is -1.52. The van der Waals surface area contributed by atoms with Crippen LogP contribution in [0.15, 0.2) is 18.2 Å². The van der Waals surface area contributed by atoms with Crippen molar-refractivity contribution in [3.63, 3.8) is 0 Å². The minimum atomic E-state index is -4.42. The number of benzene rings is 1. The lowest BCUT2D eigenvalue weighted by atomic mass is 10.1. The first-order valence-corrected chi connectivity index (χ1v) is 4.25. The van der Waals surface area contributed by atoms with Gasteiger partial charge < -0.3 is 5.32 Å². The zero-order valence-electron chi connectivity index (χ0n) is 8.27. The summed E-state index contributed by atoms with van der Waals surface area (Å²) >= 11 is 0. The lowest BCUT2D eigenvalue weighted by molar-refractivity contribution is -0.137. The molecular weight excluding hydrogens is 207 g/mol. The molecule has 0 atom stereocenters. The predicted molar refractivity (Wildman–Crippen MR) is 49.6 cm³/mol. The Labute approximate surface area is 85.1 Å². The second kappa shape index (κ2) is 3.92. The van der Waals surface area contributed by atoms with Gasteiger partial charge in [-0.2, -0.15) is 13.2 Å². The third-order valence-corrected chi connectivity index (χ3v) is 1.89. The molecule has 82 valence electrons. The zero-order valence-corrected chi connectivity index (χ0v) is 8.27. The van der Waals surface area contributed by atoms with E-state index < -0.39 is 17.6 Å². The number of hydrogen-bond acceptors (Lipinski definition) is 1. The molecular formula is C10H10F3NO. The number of nitrogens with one attached hydrogen (secondary N) is 1. The van der Waals surface area contributed by atoms with Crippen molar-refractivity contribution in [3.8, 4) is 0 Å². The lowest BCUT2D eigenvalue weighted by Crippen LogP contribution is -2.19. The summed E-state index contributed by atoms with van der Waals surface area (Å²) in [6.45, 7) is 1.52. The summed E-state index contributed by atoms with van der Waals surface area (Å²) in [6, 6.07) is 3.26. The first-order valence-electron chi connectivity index (χ1n) is 4.25. The van der Waals surface area contributed by atoms with Crippen LogP contribution in [0.4, 0.5) is 13.2 Å². The standard InChI is InChI=1S/C10H10F3NO/c1-6-3-7(9(15)14-2)5-8(4-6)10(11,12)13/h3-5H,1-2H3,(H,14,15). The highest BCUT2D eigenvalue weighted by Gasteiger charge is 2.31. The number of amides is 1. The maximum atomic E-state index is 12.4. The SMILES string of the molecule is CNC(=O)c1cc(C)cc(C(F)(F)F)c1. The van der Waals surface area contributed by atoms with E-state index in [1.165, 1.54) is 20.0 Å². The molecule has 0 bridgehead atoms. The summed E-state index contributed by atoms with van der Waals surface area (Å²) in [6.07, 6.45) is -4.42. The summed E-state index contributed by atoms with van der Waals surface area (Å²) in [7, 11) is 1.37. The van der Waals surface area contributed by atoms with E-state index in [9.17, 15) is 18.0 Å². The smallest absolute Gasteiger partial charge is 0.355 e. The molecule has 5 heteroatoms. The first-order chi connectivity index (χ1) is 6.84. The number of hydrogen-bond donors (Lipinski definition) is 1. The molecule has 0 saturated carbocycles. The fraction of sp³-hybridized carbons (Fsp3) is 0.300. The van der Waals surface area contributed by atoms with Gasteiger partial charge in [-0.05, 0) is 30.7 Å². The highest BCUT2D eigenvalue weighted by molar-refractivity contribution is 5.94. The van der Waals surface area contributed by atoms with Crippen molar-refractivity contribution in [2.75, 3.05) is 7.05 Å². The van der Waals surface area contributed by atoms with Gasteiger partial charge in [0.2, 0.25) is 0 Å². The average Bonchev–Trinajstić information content (AvgIpc) is 2.14. The van der Waals surface area contributed by atoms with Crippen molar-refractivity contribution >= 4 is 5.91 Å². The van der Waals surface area contributed by atoms with Gasteiger partial charge in [0.15, 0.2) is 0 Å². The highest BCUT2D eigenvalue weighted by atomic mass is 19.4. The maximum Gasteiger partial charge on any atom is 0.416 e. The minimum absolute atomic E-state index is 0.0184. The molecule has 15 heavy (non-hydrogen) atoms.